The molecular formula is C10H6F3NO2S. The number of benzene rings is 1. The van der Waals surface area contributed by atoms with Crippen LogP contribution in [-0.4, -0.2) is 13.1 Å². The Labute approximate surface area is 100 Å². The Morgan fingerprint density at radius 2 is 2.06 bits per heavy atom. The van der Waals surface area contributed by atoms with Crippen LogP contribution in [0.3, 0.4) is 0 Å². The molecule has 0 aliphatic carbocycles. The van der Waals surface area contributed by atoms with E-state index in [0.717, 1.165) is 13.2 Å². The third-order valence-corrected chi connectivity index (χ3v) is 2.34. The third kappa shape index (κ3) is 2.71. The smallest absolute Gasteiger partial charge is 0.417 e. The molecule has 17 heavy (non-hydrogen) atoms. The number of nitrogens with zero attached hydrogens (tertiary/aromatic N) is 1. The molecule has 1 aromatic carbocycles. The highest BCUT2D eigenvalue weighted by molar-refractivity contribution is 7.80. The molecule has 0 aromatic heterocycles. The van der Waals surface area contributed by atoms with Gasteiger partial charge in [0.25, 0.3) is 0 Å². The van der Waals surface area contributed by atoms with E-state index in [-0.39, 0.29) is 5.56 Å². The molecule has 3 nitrogen and oxygen atoms in total. The summed E-state index contributed by atoms with van der Waals surface area (Å²) in [5, 5.41) is 8.69. The number of halogens is 3. The van der Waals surface area contributed by atoms with E-state index in [9.17, 15) is 18.0 Å². The van der Waals surface area contributed by atoms with Crippen LogP contribution in [0.1, 0.15) is 21.5 Å². The van der Waals surface area contributed by atoms with Crippen LogP contribution < -0.4 is 0 Å². The lowest BCUT2D eigenvalue weighted by Gasteiger charge is -2.11. The van der Waals surface area contributed by atoms with Crippen molar-refractivity contribution in [2.45, 2.75) is 11.1 Å². The minimum Gasteiger partial charge on any atom is -0.465 e. The molecule has 0 fully saturated rings. The molecule has 90 valence electrons. The van der Waals surface area contributed by atoms with Crippen LogP contribution in [0, 0.1) is 11.3 Å². The van der Waals surface area contributed by atoms with Crippen molar-refractivity contribution in [2.24, 2.45) is 0 Å². The predicted octanol–water partition coefficient (Wildman–Crippen LogP) is 2.65. The maximum Gasteiger partial charge on any atom is 0.417 e. The number of methoxy groups -OCH3 is 1. The zero-order valence-corrected chi connectivity index (χ0v) is 9.39. The lowest BCUT2D eigenvalue weighted by Crippen LogP contribution is -2.11. The second-order valence-corrected chi connectivity index (χ2v) is 3.50. The van der Waals surface area contributed by atoms with Crippen LogP contribution in [-0.2, 0) is 10.9 Å². The number of esters is 1. The first-order chi connectivity index (χ1) is 7.81. The van der Waals surface area contributed by atoms with Crippen LogP contribution in [0.2, 0.25) is 0 Å². The van der Waals surface area contributed by atoms with Gasteiger partial charge in [-0.25, -0.2) is 4.79 Å². The average molecular weight is 261 g/mol. The van der Waals surface area contributed by atoms with E-state index < -0.39 is 28.2 Å². The fourth-order valence-corrected chi connectivity index (χ4v) is 1.51. The number of alkyl halides is 3. The highest BCUT2D eigenvalue weighted by atomic mass is 32.1. The molecule has 0 unspecified atom stereocenters. The van der Waals surface area contributed by atoms with E-state index in [0.29, 0.717) is 6.07 Å². The van der Waals surface area contributed by atoms with Gasteiger partial charge < -0.3 is 4.74 Å². The summed E-state index contributed by atoms with van der Waals surface area (Å²) in [6.07, 6.45) is -4.63. The summed E-state index contributed by atoms with van der Waals surface area (Å²) in [7, 11) is 1.07. The van der Waals surface area contributed by atoms with Gasteiger partial charge in [0, 0.05) is 4.90 Å². The summed E-state index contributed by atoms with van der Waals surface area (Å²) in [5.74, 6) is -0.884. The largest absolute Gasteiger partial charge is 0.465 e. The van der Waals surface area contributed by atoms with Crippen LogP contribution in [0.25, 0.3) is 0 Å². The van der Waals surface area contributed by atoms with Crippen molar-refractivity contribution >= 4 is 18.6 Å². The number of hydrogen-bond donors (Lipinski definition) is 1. The first kappa shape index (κ1) is 13.4. The second-order valence-electron chi connectivity index (χ2n) is 3.02. The Morgan fingerprint density at radius 1 is 1.47 bits per heavy atom. The number of carbonyl (C=O) groups excluding carboxylic acids is 1. The summed E-state index contributed by atoms with van der Waals surface area (Å²) in [4.78, 5) is 10.8. The number of rotatable bonds is 1. The topological polar surface area (TPSA) is 50.1 Å². The van der Waals surface area contributed by atoms with E-state index in [2.05, 4.69) is 17.4 Å². The van der Waals surface area contributed by atoms with Crippen molar-refractivity contribution in [3.63, 3.8) is 0 Å². The van der Waals surface area contributed by atoms with Gasteiger partial charge in [-0.15, -0.1) is 12.6 Å². The number of thiol groups is 1. The molecule has 0 heterocycles. The van der Waals surface area contributed by atoms with Gasteiger partial charge >= 0.3 is 12.1 Å². The quantitative estimate of drug-likeness (QED) is 0.624. The SMILES string of the molecule is COC(=O)c1cc(S)c(C(F)(F)F)cc1C#N. The van der Waals surface area contributed by atoms with Crippen molar-refractivity contribution in [1.29, 1.82) is 5.26 Å². The Morgan fingerprint density at radius 3 is 2.47 bits per heavy atom. The predicted molar refractivity (Wildman–Crippen MR) is 54.8 cm³/mol. The van der Waals surface area contributed by atoms with Gasteiger partial charge in [-0.3, -0.25) is 0 Å². The van der Waals surface area contributed by atoms with E-state index in [4.69, 9.17) is 5.26 Å². The molecule has 0 saturated carbocycles. The first-order valence-corrected chi connectivity index (χ1v) is 4.68. The normalized spacial score (nSPS) is 10.8. The number of ether oxygens (including phenoxy) is 1. The van der Waals surface area contributed by atoms with Crippen molar-refractivity contribution in [3.8, 4) is 6.07 Å². The van der Waals surface area contributed by atoms with E-state index in [1.54, 1.807) is 0 Å². The molecule has 0 spiro atoms. The molecule has 0 aliphatic rings. The number of hydrogen-bond acceptors (Lipinski definition) is 4. The van der Waals surface area contributed by atoms with Gasteiger partial charge in [-0.2, -0.15) is 18.4 Å². The van der Waals surface area contributed by atoms with Gasteiger partial charge in [0.1, 0.15) is 6.07 Å². The van der Waals surface area contributed by atoms with Gasteiger partial charge in [-0.1, -0.05) is 0 Å². The summed E-state index contributed by atoms with van der Waals surface area (Å²) < 4.78 is 41.9. The average Bonchev–Trinajstić information content (AvgIpc) is 2.26. The molecule has 0 aliphatic heterocycles. The fourth-order valence-electron chi connectivity index (χ4n) is 1.19. The molecule has 0 radical (unpaired) electrons. The van der Waals surface area contributed by atoms with Gasteiger partial charge in [0.05, 0.1) is 23.8 Å². The molecule has 7 heteroatoms. The third-order valence-electron chi connectivity index (χ3n) is 1.97. The summed E-state index contributed by atoms with van der Waals surface area (Å²) in [5.41, 5.74) is -1.71. The van der Waals surface area contributed by atoms with Crippen molar-refractivity contribution in [1.82, 2.24) is 0 Å². The molecule has 1 aromatic rings. The van der Waals surface area contributed by atoms with Gasteiger partial charge in [0.2, 0.25) is 0 Å². The number of carbonyl (C=O) groups is 1. The molecule has 0 N–H and O–H groups in total. The minimum absolute atomic E-state index is 0.243. The van der Waals surface area contributed by atoms with Crippen LogP contribution >= 0.6 is 12.6 Å². The van der Waals surface area contributed by atoms with Crippen molar-refractivity contribution < 1.29 is 22.7 Å². The van der Waals surface area contributed by atoms with Crippen molar-refractivity contribution in [3.05, 3.63) is 28.8 Å². The first-order valence-electron chi connectivity index (χ1n) is 4.24. The molecule has 0 atom stereocenters. The van der Waals surface area contributed by atoms with E-state index in [1.807, 2.05) is 0 Å². The lowest BCUT2D eigenvalue weighted by atomic mass is 10.0. The summed E-state index contributed by atoms with van der Waals surface area (Å²) >= 11 is 3.64. The monoisotopic (exact) mass is 261 g/mol. The molecule has 0 bridgehead atoms. The zero-order valence-electron chi connectivity index (χ0n) is 8.50. The zero-order chi connectivity index (χ0) is 13.2. The minimum atomic E-state index is -4.63. The van der Waals surface area contributed by atoms with Gasteiger partial charge in [-0.05, 0) is 12.1 Å². The summed E-state index contributed by atoms with van der Waals surface area (Å²) in [6.45, 7) is 0. The standard InChI is InChI=1S/C10H6F3NO2S/c1-16-9(15)6-3-8(17)7(10(11,12)13)2-5(6)4-14/h2-3,17H,1H3. The second kappa shape index (κ2) is 4.67. The highest BCUT2D eigenvalue weighted by Gasteiger charge is 2.34. The molecule has 1 rings (SSSR count). The Balaban J connectivity index is 3.47. The van der Waals surface area contributed by atoms with E-state index >= 15 is 0 Å². The fraction of sp³-hybridized carbons (Fsp3) is 0.200. The Kier molecular flexibility index (Phi) is 3.68. The Hall–Kier alpha value is -1.68. The van der Waals surface area contributed by atoms with Crippen molar-refractivity contribution in [2.75, 3.05) is 7.11 Å². The van der Waals surface area contributed by atoms with Gasteiger partial charge in [0.15, 0.2) is 0 Å². The highest BCUT2D eigenvalue weighted by Crippen LogP contribution is 2.35. The molecular weight excluding hydrogens is 255 g/mol. The van der Waals surface area contributed by atoms with Crippen LogP contribution in [0.5, 0.6) is 0 Å². The number of nitriles is 1. The molecule has 0 amide bonds. The Bertz CT molecular complexity index is 505. The summed E-state index contributed by atoms with van der Waals surface area (Å²) in [6, 6.07) is 2.97. The maximum absolute atomic E-state index is 12.5. The van der Waals surface area contributed by atoms with Crippen LogP contribution in [0.15, 0.2) is 17.0 Å². The molecule has 0 saturated heterocycles. The maximum atomic E-state index is 12.5. The lowest BCUT2D eigenvalue weighted by molar-refractivity contribution is -0.139. The van der Waals surface area contributed by atoms with Crippen LogP contribution in [0.4, 0.5) is 13.2 Å². The van der Waals surface area contributed by atoms with E-state index in [1.165, 1.54) is 6.07 Å².